The smallest absolute Gasteiger partial charge is 0.254 e. The van der Waals surface area contributed by atoms with E-state index in [1.54, 1.807) is 6.07 Å². The molecule has 0 unspecified atom stereocenters. The van der Waals surface area contributed by atoms with Crippen LogP contribution in [0.2, 0.25) is 0 Å². The number of halogens is 2. The quantitative estimate of drug-likeness (QED) is 0.857. The summed E-state index contributed by atoms with van der Waals surface area (Å²) in [7, 11) is 0. The Morgan fingerprint density at radius 1 is 1.21 bits per heavy atom. The summed E-state index contributed by atoms with van der Waals surface area (Å²) in [5, 5.41) is 0. The van der Waals surface area contributed by atoms with Gasteiger partial charge in [0.05, 0.1) is 18.7 Å². The van der Waals surface area contributed by atoms with Gasteiger partial charge in [0, 0.05) is 17.3 Å². The maximum absolute atomic E-state index is 13.7. The minimum atomic E-state index is -0.976. The Labute approximate surface area is 139 Å². The van der Waals surface area contributed by atoms with Gasteiger partial charge >= 0.3 is 0 Å². The zero-order valence-electron chi connectivity index (χ0n) is 13.4. The molecule has 1 aliphatic carbocycles. The van der Waals surface area contributed by atoms with Gasteiger partial charge in [-0.1, -0.05) is 6.07 Å². The van der Waals surface area contributed by atoms with E-state index in [0.29, 0.717) is 11.5 Å². The number of carbonyl (C=O) groups is 1. The number of pyridine rings is 1. The first-order valence-corrected chi connectivity index (χ1v) is 8.23. The van der Waals surface area contributed by atoms with Gasteiger partial charge in [-0.05, 0) is 55.2 Å². The van der Waals surface area contributed by atoms with Crippen molar-refractivity contribution in [3.05, 3.63) is 53.1 Å². The lowest BCUT2D eigenvalue weighted by atomic mass is 9.96. The molecular weight excluding hydrogens is 310 g/mol. The van der Waals surface area contributed by atoms with Crippen LogP contribution < -0.4 is 0 Å². The van der Waals surface area contributed by atoms with Crippen LogP contribution in [-0.4, -0.2) is 35.1 Å². The summed E-state index contributed by atoms with van der Waals surface area (Å²) in [6, 6.07) is 8.12. The fraction of sp³-hybridized carbons (Fsp3) is 0.368. The fourth-order valence-corrected chi connectivity index (χ4v) is 3.14. The topological polar surface area (TPSA) is 33.2 Å². The molecule has 0 spiro atoms. The second kappa shape index (κ2) is 5.65. The van der Waals surface area contributed by atoms with Crippen LogP contribution in [0.1, 0.15) is 40.5 Å². The molecule has 24 heavy (non-hydrogen) atoms. The van der Waals surface area contributed by atoms with Crippen molar-refractivity contribution in [3.63, 3.8) is 0 Å². The summed E-state index contributed by atoms with van der Waals surface area (Å²) < 4.78 is 26.8. The average molecular weight is 328 g/mol. The Morgan fingerprint density at radius 2 is 1.96 bits per heavy atom. The average Bonchev–Trinajstić information content (AvgIpc) is 3.35. The van der Waals surface area contributed by atoms with Gasteiger partial charge in [-0.15, -0.1) is 0 Å². The Hall–Kier alpha value is -2.30. The van der Waals surface area contributed by atoms with E-state index in [2.05, 4.69) is 4.98 Å². The lowest BCUT2D eigenvalue weighted by molar-refractivity contribution is 0.0400. The molecule has 124 valence electrons. The van der Waals surface area contributed by atoms with Crippen LogP contribution in [0.15, 0.2) is 30.3 Å². The Bertz CT molecular complexity index is 811. The van der Waals surface area contributed by atoms with Gasteiger partial charge < -0.3 is 4.90 Å². The third kappa shape index (κ3) is 2.79. The van der Waals surface area contributed by atoms with Crippen LogP contribution in [-0.2, 0) is 0 Å². The molecule has 5 heteroatoms. The Morgan fingerprint density at radius 3 is 2.62 bits per heavy atom. The molecule has 1 saturated carbocycles. The first-order chi connectivity index (χ1) is 11.5. The molecule has 1 aromatic heterocycles. The van der Waals surface area contributed by atoms with E-state index in [9.17, 15) is 13.6 Å². The molecule has 0 N–H and O–H groups in total. The van der Waals surface area contributed by atoms with Crippen molar-refractivity contribution in [1.82, 2.24) is 9.88 Å². The molecule has 0 atom stereocenters. The van der Waals surface area contributed by atoms with Gasteiger partial charge in [0.2, 0.25) is 0 Å². The zero-order chi connectivity index (χ0) is 16.8. The largest absolute Gasteiger partial charge is 0.333 e. The summed E-state index contributed by atoms with van der Waals surface area (Å²) in [5.41, 5.74) is 3.74. The van der Waals surface area contributed by atoms with Gasteiger partial charge in [0.15, 0.2) is 0 Å². The van der Waals surface area contributed by atoms with Crippen LogP contribution >= 0.6 is 0 Å². The van der Waals surface area contributed by atoms with Crippen LogP contribution in [0, 0.1) is 12.7 Å². The third-order valence-corrected chi connectivity index (χ3v) is 4.62. The summed E-state index contributed by atoms with van der Waals surface area (Å²) >= 11 is 0. The molecule has 1 amide bonds. The minimum absolute atomic E-state index is 0.0808. The summed E-state index contributed by atoms with van der Waals surface area (Å²) in [5.74, 6) is -0.292. The molecule has 2 fully saturated rings. The monoisotopic (exact) mass is 328 g/mol. The highest BCUT2D eigenvalue weighted by atomic mass is 19.1. The molecule has 2 aliphatic rings. The van der Waals surface area contributed by atoms with Gasteiger partial charge in [-0.25, -0.2) is 8.78 Å². The van der Waals surface area contributed by atoms with E-state index < -0.39 is 12.0 Å². The molecule has 0 radical (unpaired) electrons. The zero-order valence-corrected chi connectivity index (χ0v) is 13.4. The first kappa shape index (κ1) is 15.2. The molecular formula is C19H18F2N2O. The van der Waals surface area contributed by atoms with Crippen LogP contribution in [0.4, 0.5) is 8.78 Å². The Balaban J connectivity index is 1.76. The van der Waals surface area contributed by atoms with Crippen LogP contribution in [0.5, 0.6) is 0 Å². The number of rotatable bonds is 3. The summed E-state index contributed by atoms with van der Waals surface area (Å²) in [6.45, 7) is 2.08. The number of benzene rings is 1. The number of hydrogen-bond donors (Lipinski definition) is 0. The Kier molecular flexibility index (Phi) is 3.59. The molecule has 1 aromatic carbocycles. The van der Waals surface area contributed by atoms with Crippen molar-refractivity contribution in [3.8, 4) is 11.1 Å². The SMILES string of the molecule is Cc1cc(-c2ccc(F)cc2C(=O)N2CC(F)C2)cc(C2CC2)n1. The lowest BCUT2D eigenvalue weighted by Gasteiger charge is -2.34. The van der Waals surface area contributed by atoms with Crippen LogP contribution in [0.3, 0.4) is 0 Å². The van der Waals surface area contributed by atoms with Crippen molar-refractivity contribution >= 4 is 5.91 Å². The van der Waals surface area contributed by atoms with E-state index in [1.807, 2.05) is 19.1 Å². The van der Waals surface area contributed by atoms with E-state index in [-0.39, 0.29) is 24.6 Å². The number of carbonyl (C=O) groups excluding carboxylic acids is 1. The molecule has 0 bridgehead atoms. The highest BCUT2D eigenvalue weighted by molar-refractivity contribution is 6.01. The summed E-state index contributed by atoms with van der Waals surface area (Å²) in [6.07, 6.45) is 1.30. The predicted octanol–water partition coefficient (Wildman–Crippen LogP) is 3.87. The van der Waals surface area contributed by atoms with E-state index in [4.69, 9.17) is 0 Å². The molecule has 4 rings (SSSR count). The fourth-order valence-electron chi connectivity index (χ4n) is 3.14. The number of aryl methyl sites for hydroxylation is 1. The van der Waals surface area contributed by atoms with Crippen molar-refractivity contribution in [1.29, 1.82) is 0 Å². The highest BCUT2D eigenvalue weighted by Crippen LogP contribution is 2.40. The number of hydrogen-bond acceptors (Lipinski definition) is 2. The van der Waals surface area contributed by atoms with Crippen molar-refractivity contribution < 1.29 is 13.6 Å². The maximum Gasteiger partial charge on any atom is 0.254 e. The maximum atomic E-state index is 13.7. The number of aromatic nitrogens is 1. The predicted molar refractivity (Wildman–Crippen MR) is 87.1 cm³/mol. The van der Waals surface area contributed by atoms with E-state index in [0.717, 1.165) is 29.8 Å². The third-order valence-electron chi connectivity index (χ3n) is 4.62. The van der Waals surface area contributed by atoms with Crippen LogP contribution in [0.25, 0.3) is 11.1 Å². The van der Waals surface area contributed by atoms with Gasteiger partial charge in [0.1, 0.15) is 12.0 Å². The molecule has 2 aromatic rings. The minimum Gasteiger partial charge on any atom is -0.333 e. The van der Waals surface area contributed by atoms with Crippen molar-refractivity contribution in [2.24, 2.45) is 0 Å². The van der Waals surface area contributed by atoms with E-state index in [1.165, 1.54) is 17.0 Å². The lowest BCUT2D eigenvalue weighted by Crippen LogP contribution is -2.51. The standard InChI is InChI=1S/C19H18F2N2O/c1-11-6-13(7-18(22-11)12-2-3-12)16-5-4-14(20)8-17(16)19(24)23-9-15(21)10-23/h4-8,12,15H,2-3,9-10H2,1H3. The number of alkyl halides is 1. The van der Waals surface area contributed by atoms with Gasteiger partial charge in [0.25, 0.3) is 5.91 Å². The summed E-state index contributed by atoms with van der Waals surface area (Å²) in [4.78, 5) is 18.6. The van der Waals surface area contributed by atoms with Gasteiger partial charge in [-0.2, -0.15) is 0 Å². The number of nitrogens with zero attached hydrogens (tertiary/aromatic N) is 2. The van der Waals surface area contributed by atoms with Crippen molar-refractivity contribution in [2.75, 3.05) is 13.1 Å². The normalized spacial score (nSPS) is 17.7. The van der Waals surface area contributed by atoms with Crippen molar-refractivity contribution in [2.45, 2.75) is 31.9 Å². The second-order valence-corrected chi connectivity index (χ2v) is 6.69. The number of likely N-dealkylation sites (tertiary alicyclic amines) is 1. The first-order valence-electron chi connectivity index (χ1n) is 8.23. The van der Waals surface area contributed by atoms with Gasteiger partial charge in [-0.3, -0.25) is 9.78 Å². The second-order valence-electron chi connectivity index (χ2n) is 6.69. The molecule has 1 saturated heterocycles. The number of amides is 1. The highest BCUT2D eigenvalue weighted by Gasteiger charge is 2.32. The van der Waals surface area contributed by atoms with E-state index >= 15 is 0 Å². The molecule has 3 nitrogen and oxygen atoms in total. The molecule has 2 heterocycles. The molecule has 1 aliphatic heterocycles.